The molecule has 17 heavy (non-hydrogen) atoms. The Balaban J connectivity index is 1.92. The van der Waals surface area contributed by atoms with Crippen LogP contribution in [0.3, 0.4) is 0 Å². The summed E-state index contributed by atoms with van der Waals surface area (Å²) in [6.45, 7) is 2.70. The predicted octanol–water partition coefficient (Wildman–Crippen LogP) is 2.64. The van der Waals surface area contributed by atoms with Gasteiger partial charge in [0.2, 0.25) is 5.89 Å². The molecule has 0 spiro atoms. The average molecular weight is 228 g/mol. The zero-order chi connectivity index (χ0) is 11.9. The molecule has 1 aliphatic carbocycles. The first-order valence-electron chi connectivity index (χ1n) is 5.97. The number of benzene rings is 1. The molecule has 0 aliphatic heterocycles. The number of aryl methyl sites for hydroxylation is 1. The Bertz CT molecular complexity index is 523. The maximum absolute atomic E-state index is 5.77. The Labute approximate surface area is 101 Å². The van der Waals surface area contributed by atoms with Crippen molar-refractivity contribution in [3.63, 3.8) is 0 Å². The van der Waals surface area contributed by atoms with Gasteiger partial charge in [0.05, 0.1) is 5.41 Å². The summed E-state index contributed by atoms with van der Waals surface area (Å²) in [5, 5.41) is 0. The largest absolute Gasteiger partial charge is 0.448 e. The number of nitrogens with zero attached hydrogens (tertiary/aromatic N) is 1. The zero-order valence-corrected chi connectivity index (χ0v) is 9.94. The van der Waals surface area contributed by atoms with Crippen LogP contribution in [0.5, 0.6) is 0 Å². The van der Waals surface area contributed by atoms with Crippen LogP contribution in [0, 0.1) is 6.92 Å². The van der Waals surface area contributed by atoms with E-state index < -0.39 is 0 Å². The fourth-order valence-electron chi connectivity index (χ4n) is 2.03. The second-order valence-corrected chi connectivity index (χ2v) is 4.89. The molecule has 1 aromatic carbocycles. The molecule has 0 saturated heterocycles. The van der Waals surface area contributed by atoms with Crippen LogP contribution in [0.1, 0.15) is 24.3 Å². The Kier molecular flexibility index (Phi) is 2.30. The number of oxazole rings is 1. The summed E-state index contributed by atoms with van der Waals surface area (Å²) in [4.78, 5) is 4.57. The van der Waals surface area contributed by atoms with Gasteiger partial charge < -0.3 is 10.2 Å². The number of rotatable bonds is 3. The van der Waals surface area contributed by atoms with Crippen molar-refractivity contribution in [1.29, 1.82) is 0 Å². The van der Waals surface area contributed by atoms with Crippen molar-refractivity contribution < 1.29 is 4.42 Å². The molecular formula is C14H16N2O. The second-order valence-electron chi connectivity index (χ2n) is 4.89. The van der Waals surface area contributed by atoms with Crippen molar-refractivity contribution in [3.8, 4) is 11.3 Å². The summed E-state index contributed by atoms with van der Waals surface area (Å²) < 4.78 is 5.58. The highest BCUT2D eigenvalue weighted by Gasteiger charge is 2.47. The lowest BCUT2D eigenvalue weighted by Gasteiger charge is -2.05. The molecular weight excluding hydrogens is 212 g/mol. The van der Waals surface area contributed by atoms with E-state index in [1.165, 1.54) is 5.56 Å². The van der Waals surface area contributed by atoms with E-state index >= 15 is 0 Å². The molecule has 3 heteroatoms. The summed E-state index contributed by atoms with van der Waals surface area (Å²) >= 11 is 0. The van der Waals surface area contributed by atoms with Crippen LogP contribution in [0.25, 0.3) is 11.3 Å². The highest BCUT2D eigenvalue weighted by Crippen LogP contribution is 2.47. The van der Waals surface area contributed by atoms with Gasteiger partial charge in [-0.3, -0.25) is 0 Å². The van der Waals surface area contributed by atoms with E-state index in [-0.39, 0.29) is 5.41 Å². The molecule has 1 heterocycles. The Hall–Kier alpha value is -1.61. The Morgan fingerprint density at radius 2 is 2.00 bits per heavy atom. The first-order valence-corrected chi connectivity index (χ1v) is 5.97. The van der Waals surface area contributed by atoms with Crippen molar-refractivity contribution in [2.24, 2.45) is 5.73 Å². The molecule has 1 aliphatic rings. The lowest BCUT2D eigenvalue weighted by molar-refractivity contribution is 0.437. The quantitative estimate of drug-likeness (QED) is 0.878. The third-order valence-electron chi connectivity index (χ3n) is 3.55. The first kappa shape index (κ1) is 10.5. The van der Waals surface area contributed by atoms with Gasteiger partial charge in [0, 0.05) is 12.1 Å². The monoisotopic (exact) mass is 228 g/mol. The molecule has 2 N–H and O–H groups in total. The molecule has 0 atom stereocenters. The van der Waals surface area contributed by atoms with Gasteiger partial charge in [-0.05, 0) is 19.8 Å². The van der Waals surface area contributed by atoms with Gasteiger partial charge in [0.1, 0.15) is 12.0 Å². The molecule has 0 amide bonds. The molecule has 1 fully saturated rings. The lowest BCUT2D eigenvalue weighted by atomic mass is 10.1. The number of hydrogen-bond donors (Lipinski definition) is 1. The topological polar surface area (TPSA) is 52.0 Å². The smallest absolute Gasteiger partial charge is 0.202 e. The van der Waals surface area contributed by atoms with Gasteiger partial charge in [-0.15, -0.1) is 0 Å². The van der Waals surface area contributed by atoms with Crippen molar-refractivity contribution in [2.45, 2.75) is 25.2 Å². The Morgan fingerprint density at radius 3 is 2.59 bits per heavy atom. The third kappa shape index (κ3) is 1.76. The van der Waals surface area contributed by atoms with Crippen LogP contribution in [0.4, 0.5) is 0 Å². The van der Waals surface area contributed by atoms with Crippen molar-refractivity contribution in [2.75, 3.05) is 6.54 Å². The van der Waals surface area contributed by atoms with E-state index in [9.17, 15) is 0 Å². The van der Waals surface area contributed by atoms with E-state index in [1.807, 2.05) is 0 Å². The number of aromatic nitrogens is 1. The first-order chi connectivity index (χ1) is 8.23. The summed E-state index contributed by atoms with van der Waals surface area (Å²) in [6, 6.07) is 8.30. The highest BCUT2D eigenvalue weighted by molar-refractivity contribution is 5.58. The maximum atomic E-state index is 5.77. The number of nitrogens with two attached hydrogens (primary N) is 1. The Morgan fingerprint density at radius 1 is 1.29 bits per heavy atom. The summed E-state index contributed by atoms with van der Waals surface area (Å²) in [5.41, 5.74) is 9.05. The predicted molar refractivity (Wildman–Crippen MR) is 66.6 cm³/mol. The van der Waals surface area contributed by atoms with Crippen molar-refractivity contribution >= 4 is 0 Å². The highest BCUT2D eigenvalue weighted by atomic mass is 16.3. The standard InChI is InChI=1S/C14H16N2O/c1-10-2-4-11(5-3-10)12-8-17-13(16-12)14(9-15)6-7-14/h2-5,8H,6-7,9,15H2,1H3. The lowest BCUT2D eigenvalue weighted by Crippen LogP contribution is -2.19. The minimum absolute atomic E-state index is 0.0307. The molecule has 3 rings (SSSR count). The van der Waals surface area contributed by atoms with Crippen LogP contribution < -0.4 is 5.73 Å². The van der Waals surface area contributed by atoms with Crippen LogP contribution in [0.15, 0.2) is 34.9 Å². The molecule has 0 bridgehead atoms. The maximum Gasteiger partial charge on any atom is 0.202 e. The van der Waals surface area contributed by atoms with Crippen LogP contribution >= 0.6 is 0 Å². The fourth-order valence-corrected chi connectivity index (χ4v) is 2.03. The molecule has 2 aromatic rings. The normalized spacial score (nSPS) is 17.1. The van der Waals surface area contributed by atoms with Crippen LogP contribution in [0.2, 0.25) is 0 Å². The van der Waals surface area contributed by atoms with Gasteiger partial charge in [-0.2, -0.15) is 0 Å². The molecule has 88 valence electrons. The van der Waals surface area contributed by atoms with E-state index in [2.05, 4.69) is 36.2 Å². The molecule has 3 nitrogen and oxygen atoms in total. The molecule has 0 unspecified atom stereocenters. The second kappa shape index (κ2) is 3.70. The number of hydrogen-bond acceptors (Lipinski definition) is 3. The van der Waals surface area contributed by atoms with Crippen LogP contribution in [-0.2, 0) is 5.41 Å². The van der Waals surface area contributed by atoms with E-state index in [4.69, 9.17) is 10.2 Å². The zero-order valence-electron chi connectivity index (χ0n) is 9.94. The van der Waals surface area contributed by atoms with Gasteiger partial charge in [-0.1, -0.05) is 29.8 Å². The summed E-state index contributed by atoms with van der Waals surface area (Å²) in [7, 11) is 0. The van der Waals surface area contributed by atoms with E-state index in [1.54, 1.807) is 6.26 Å². The van der Waals surface area contributed by atoms with Gasteiger partial charge in [0.25, 0.3) is 0 Å². The minimum atomic E-state index is 0.0307. The van der Waals surface area contributed by atoms with E-state index in [0.717, 1.165) is 30.0 Å². The van der Waals surface area contributed by atoms with Gasteiger partial charge in [-0.25, -0.2) is 4.98 Å². The third-order valence-corrected chi connectivity index (χ3v) is 3.55. The molecule has 1 aromatic heterocycles. The van der Waals surface area contributed by atoms with Gasteiger partial charge >= 0.3 is 0 Å². The fraction of sp³-hybridized carbons (Fsp3) is 0.357. The van der Waals surface area contributed by atoms with Crippen molar-refractivity contribution in [3.05, 3.63) is 42.0 Å². The summed E-state index contributed by atoms with van der Waals surface area (Å²) in [6.07, 6.45) is 3.92. The minimum Gasteiger partial charge on any atom is -0.448 e. The van der Waals surface area contributed by atoms with Crippen molar-refractivity contribution in [1.82, 2.24) is 4.98 Å². The average Bonchev–Trinajstić information content (AvgIpc) is 3.00. The molecule has 1 saturated carbocycles. The molecule has 0 radical (unpaired) electrons. The van der Waals surface area contributed by atoms with E-state index in [0.29, 0.717) is 6.54 Å². The summed E-state index contributed by atoms with van der Waals surface area (Å²) in [5.74, 6) is 0.801. The van der Waals surface area contributed by atoms with Gasteiger partial charge in [0.15, 0.2) is 0 Å². The SMILES string of the molecule is Cc1ccc(-c2coc(C3(CN)CC3)n2)cc1. The van der Waals surface area contributed by atoms with Crippen LogP contribution in [-0.4, -0.2) is 11.5 Å².